The first-order chi connectivity index (χ1) is 25.7. The van der Waals surface area contributed by atoms with Crippen molar-refractivity contribution in [3.8, 4) is 11.5 Å². The summed E-state index contributed by atoms with van der Waals surface area (Å²) in [6.07, 6.45) is 0.456. The van der Waals surface area contributed by atoms with Gasteiger partial charge < -0.3 is 30.3 Å². The maximum Gasteiger partial charge on any atom is 0.311 e. The van der Waals surface area contributed by atoms with E-state index < -0.39 is 56.5 Å². The van der Waals surface area contributed by atoms with Gasteiger partial charge in [-0.15, -0.1) is 11.8 Å². The molecule has 2 rings (SSSR count). The maximum atomic E-state index is 13.7. The third-order valence-corrected chi connectivity index (χ3v) is 11.3. The summed E-state index contributed by atoms with van der Waals surface area (Å²) in [6.45, 7) is 31.3. The normalized spacial score (nSPS) is 14.1. The fourth-order valence-corrected chi connectivity index (χ4v) is 7.60. The summed E-state index contributed by atoms with van der Waals surface area (Å²) < 4.78 is 10.2. The van der Waals surface area contributed by atoms with E-state index in [1.54, 1.807) is 27.7 Å². The highest BCUT2D eigenvalue weighted by Gasteiger charge is 2.37. The maximum absolute atomic E-state index is 13.7. The summed E-state index contributed by atoms with van der Waals surface area (Å²) in [5, 5.41) is 29.0. The van der Waals surface area contributed by atoms with E-state index in [-0.39, 0.29) is 47.7 Å². The number of phenolic OH excluding ortho intramolecular Hbond substituents is 2. The molecule has 0 aliphatic rings. The summed E-state index contributed by atoms with van der Waals surface area (Å²) in [7, 11) is 2.68. The Balaban J connectivity index is 2.48. The Morgan fingerprint density at radius 2 is 0.772 bits per heavy atom. The first kappa shape index (κ1) is 49.4. The molecule has 2 aromatic carbocycles. The van der Waals surface area contributed by atoms with Gasteiger partial charge in [-0.25, -0.2) is 0 Å². The lowest BCUT2D eigenvalue weighted by molar-refractivity contribution is -0.152. The molecule has 0 aliphatic heterocycles. The number of hydrogen-bond acceptors (Lipinski definition) is 9. The van der Waals surface area contributed by atoms with E-state index in [1.807, 2.05) is 107 Å². The van der Waals surface area contributed by atoms with E-state index in [1.165, 1.54) is 14.2 Å². The number of hydrogen-bond donors (Lipinski definition) is 4. The molecular formula is C46H72N2O8S. The summed E-state index contributed by atoms with van der Waals surface area (Å²) in [6, 6.07) is 6.38. The van der Waals surface area contributed by atoms with Gasteiger partial charge in [-0.05, 0) is 120 Å². The van der Waals surface area contributed by atoms with Crippen LogP contribution < -0.4 is 10.6 Å². The van der Waals surface area contributed by atoms with Crippen molar-refractivity contribution in [2.24, 2.45) is 10.8 Å². The molecule has 2 aromatic rings. The van der Waals surface area contributed by atoms with Crippen LogP contribution in [0, 0.1) is 10.8 Å². The number of nitrogens with one attached hydrogen (secondary N) is 2. The average molecular weight is 813 g/mol. The highest BCUT2D eigenvalue weighted by atomic mass is 32.2. The largest absolute Gasteiger partial charge is 0.507 e. The summed E-state index contributed by atoms with van der Waals surface area (Å²) in [5.41, 5.74) is 0.862. The molecule has 0 spiro atoms. The zero-order chi connectivity index (χ0) is 44.3. The van der Waals surface area contributed by atoms with Crippen molar-refractivity contribution in [3.63, 3.8) is 0 Å². The lowest BCUT2D eigenvalue weighted by Crippen LogP contribution is -2.38. The molecule has 0 bridgehead atoms. The number of amides is 2. The number of benzene rings is 2. The summed E-state index contributed by atoms with van der Waals surface area (Å²) in [4.78, 5) is 53.1. The van der Waals surface area contributed by atoms with Gasteiger partial charge in [-0.2, -0.15) is 0 Å². The zero-order valence-electron chi connectivity index (χ0n) is 38.0. The molecule has 0 saturated carbocycles. The number of carbonyl (C=O) groups is 4. The summed E-state index contributed by atoms with van der Waals surface area (Å²) >= 11 is 1.15. The molecule has 2 amide bonds. The fraction of sp³-hybridized carbons (Fsp3) is 0.652. The van der Waals surface area contributed by atoms with Crippen LogP contribution in [0.1, 0.15) is 169 Å². The van der Waals surface area contributed by atoms with Crippen LogP contribution in [0.4, 0.5) is 0 Å². The zero-order valence-corrected chi connectivity index (χ0v) is 38.9. The number of ether oxygens (including phenoxy) is 2. The van der Waals surface area contributed by atoms with Crippen LogP contribution in [0.2, 0.25) is 0 Å². The number of rotatable bonds is 14. The Kier molecular flexibility index (Phi) is 15.6. The highest BCUT2D eigenvalue weighted by molar-refractivity contribution is 8.00. The van der Waals surface area contributed by atoms with Crippen LogP contribution in [-0.2, 0) is 50.3 Å². The van der Waals surface area contributed by atoms with Gasteiger partial charge in [-0.1, -0.05) is 83.1 Å². The van der Waals surface area contributed by atoms with Gasteiger partial charge in [-0.3, -0.25) is 19.2 Å². The van der Waals surface area contributed by atoms with E-state index in [2.05, 4.69) is 10.6 Å². The van der Waals surface area contributed by atoms with Crippen molar-refractivity contribution < 1.29 is 38.9 Å². The molecule has 4 N–H and O–H groups in total. The van der Waals surface area contributed by atoms with Gasteiger partial charge in [0.1, 0.15) is 11.5 Å². The van der Waals surface area contributed by atoms with E-state index in [4.69, 9.17) is 9.47 Å². The molecular weight excluding hydrogens is 741 g/mol. The second-order valence-electron chi connectivity index (χ2n) is 20.8. The lowest BCUT2D eigenvalue weighted by atomic mass is 9.76. The predicted molar refractivity (Wildman–Crippen MR) is 231 cm³/mol. The van der Waals surface area contributed by atoms with Crippen LogP contribution in [0.15, 0.2) is 24.3 Å². The van der Waals surface area contributed by atoms with Gasteiger partial charge in [0.15, 0.2) is 0 Å². The van der Waals surface area contributed by atoms with Gasteiger partial charge in [0.25, 0.3) is 0 Å². The first-order valence-electron chi connectivity index (χ1n) is 19.8. The molecule has 10 nitrogen and oxygen atoms in total. The number of carbonyl (C=O) groups excluding carboxylic acids is 4. The lowest BCUT2D eigenvalue weighted by Gasteiger charge is -2.32. The van der Waals surface area contributed by atoms with Gasteiger partial charge in [0.2, 0.25) is 11.8 Å². The molecule has 0 heterocycles. The molecule has 2 unspecified atom stereocenters. The Hall–Kier alpha value is -3.73. The van der Waals surface area contributed by atoms with Crippen LogP contribution in [-0.4, -0.2) is 59.7 Å². The quantitative estimate of drug-likeness (QED) is 0.137. The fourth-order valence-electron chi connectivity index (χ4n) is 6.96. The standard InChI is InChI=1S/C46H72N2O8S/c1-41(2,3)29-19-27(20-30(37(29)51)42(4,5)6)33(23-45(13,14)39(53)55-17)47-35(49)25-57-26-36(50)48-34(24-46(15,16)40(54)56-18)28-21-31(43(7,8)9)38(52)32(22-28)44(10,11)12/h19-22,33-34,51-52H,23-26H2,1-18H3,(H,47,49)(H,48,50). The average Bonchev–Trinajstić information content (AvgIpc) is 3.04. The van der Waals surface area contributed by atoms with E-state index >= 15 is 0 Å². The molecule has 0 radical (unpaired) electrons. The van der Waals surface area contributed by atoms with Crippen LogP contribution in [0.3, 0.4) is 0 Å². The van der Waals surface area contributed by atoms with Crippen molar-refractivity contribution >= 4 is 35.5 Å². The predicted octanol–water partition coefficient (Wildman–Crippen LogP) is 9.21. The first-order valence-corrected chi connectivity index (χ1v) is 20.9. The van der Waals surface area contributed by atoms with Crippen LogP contribution >= 0.6 is 11.8 Å². The molecule has 11 heteroatoms. The topological polar surface area (TPSA) is 151 Å². The second-order valence-corrected chi connectivity index (χ2v) is 21.8. The third kappa shape index (κ3) is 13.1. The highest BCUT2D eigenvalue weighted by Crippen LogP contribution is 2.44. The van der Waals surface area contributed by atoms with Gasteiger partial charge >= 0.3 is 11.9 Å². The molecule has 0 fully saturated rings. The van der Waals surface area contributed by atoms with Crippen molar-refractivity contribution in [3.05, 3.63) is 57.6 Å². The Labute approximate surface area is 347 Å². The molecule has 0 aromatic heterocycles. The minimum Gasteiger partial charge on any atom is -0.507 e. The Morgan fingerprint density at radius 1 is 0.526 bits per heavy atom. The number of methoxy groups -OCH3 is 2. The Bertz CT molecular complexity index is 1590. The Morgan fingerprint density at radius 3 is 0.982 bits per heavy atom. The molecule has 320 valence electrons. The molecule has 57 heavy (non-hydrogen) atoms. The van der Waals surface area contributed by atoms with E-state index in [9.17, 15) is 29.4 Å². The minimum atomic E-state index is -0.956. The van der Waals surface area contributed by atoms with Crippen LogP contribution in [0.25, 0.3) is 0 Å². The number of aromatic hydroxyl groups is 2. The minimum absolute atomic E-state index is 0.0429. The van der Waals surface area contributed by atoms with Crippen molar-refractivity contribution in [2.75, 3.05) is 25.7 Å². The van der Waals surface area contributed by atoms with Crippen LogP contribution in [0.5, 0.6) is 11.5 Å². The SMILES string of the molecule is COC(=O)C(C)(C)CC(NC(=O)CSCC(=O)NC(CC(C)(C)C(=O)OC)c1cc(C(C)(C)C)c(O)c(C(C)(C)C)c1)c1cc(C(C)(C)C)c(O)c(C(C)(C)C)c1. The van der Waals surface area contributed by atoms with E-state index in [0.29, 0.717) is 0 Å². The number of thioether (sulfide) groups is 1. The number of esters is 2. The summed E-state index contributed by atoms with van der Waals surface area (Å²) in [5.74, 6) is -1.15. The molecule has 2 atom stereocenters. The number of phenols is 2. The van der Waals surface area contributed by atoms with Crippen molar-refractivity contribution in [2.45, 2.75) is 157 Å². The van der Waals surface area contributed by atoms with E-state index in [0.717, 1.165) is 45.1 Å². The van der Waals surface area contributed by atoms with Gasteiger partial charge in [0.05, 0.1) is 48.6 Å². The molecule has 0 saturated heterocycles. The molecule has 0 aliphatic carbocycles. The third-order valence-electron chi connectivity index (χ3n) is 10.3. The smallest absolute Gasteiger partial charge is 0.311 e. The van der Waals surface area contributed by atoms with Gasteiger partial charge in [0, 0.05) is 0 Å². The van der Waals surface area contributed by atoms with Crippen molar-refractivity contribution in [1.82, 2.24) is 10.6 Å². The van der Waals surface area contributed by atoms with Crippen molar-refractivity contribution in [1.29, 1.82) is 0 Å². The monoisotopic (exact) mass is 813 g/mol. The second kappa shape index (κ2) is 18.0.